The van der Waals surface area contributed by atoms with Gasteiger partial charge in [0.2, 0.25) is 7.37 Å². The first-order chi connectivity index (χ1) is 5.52. The minimum Gasteiger partial charge on any atom is -0.396 e. The van der Waals surface area contributed by atoms with Crippen LogP contribution in [-0.2, 0) is 4.57 Å². The van der Waals surface area contributed by atoms with Crippen molar-refractivity contribution in [3.8, 4) is 0 Å². The van der Waals surface area contributed by atoms with Crippen molar-refractivity contribution < 1.29 is 14.6 Å². The SMILES string of the molecule is CCCCP(=O)(O)CC(C)CO. The lowest BCUT2D eigenvalue weighted by Gasteiger charge is -2.14. The van der Waals surface area contributed by atoms with Crippen LogP contribution in [0, 0.1) is 5.92 Å². The molecule has 3 nitrogen and oxygen atoms in total. The first kappa shape index (κ1) is 12.2. The van der Waals surface area contributed by atoms with Crippen molar-refractivity contribution in [3.63, 3.8) is 0 Å². The fourth-order valence-corrected chi connectivity index (χ4v) is 3.12. The summed E-state index contributed by atoms with van der Waals surface area (Å²) in [5, 5.41) is 8.69. The summed E-state index contributed by atoms with van der Waals surface area (Å²) in [6, 6.07) is 0. The molecule has 2 atom stereocenters. The second kappa shape index (κ2) is 5.74. The first-order valence-corrected chi connectivity index (χ1v) is 6.46. The van der Waals surface area contributed by atoms with Crippen molar-refractivity contribution in [1.82, 2.24) is 0 Å². The summed E-state index contributed by atoms with van der Waals surface area (Å²) in [7, 11) is -2.94. The van der Waals surface area contributed by atoms with Gasteiger partial charge < -0.3 is 10.00 Å². The van der Waals surface area contributed by atoms with Gasteiger partial charge in [0, 0.05) is 18.9 Å². The summed E-state index contributed by atoms with van der Waals surface area (Å²) >= 11 is 0. The van der Waals surface area contributed by atoms with Crippen LogP contribution in [0.2, 0.25) is 0 Å². The second-order valence-corrected chi connectivity index (χ2v) is 5.90. The maximum atomic E-state index is 11.4. The average molecular weight is 194 g/mol. The second-order valence-electron chi connectivity index (χ2n) is 3.39. The Morgan fingerprint density at radius 1 is 1.50 bits per heavy atom. The van der Waals surface area contributed by atoms with Gasteiger partial charge in [0.25, 0.3) is 0 Å². The molecule has 12 heavy (non-hydrogen) atoms. The minimum atomic E-state index is -2.94. The van der Waals surface area contributed by atoms with Gasteiger partial charge in [0.05, 0.1) is 0 Å². The fourth-order valence-electron chi connectivity index (χ4n) is 1.04. The molecule has 0 fully saturated rings. The van der Waals surface area contributed by atoms with Gasteiger partial charge in [-0.1, -0.05) is 20.3 Å². The molecule has 4 heteroatoms. The lowest BCUT2D eigenvalue weighted by atomic mass is 10.2. The monoisotopic (exact) mass is 194 g/mol. The predicted octanol–water partition coefficient (Wildman–Crippen LogP) is 1.69. The summed E-state index contributed by atoms with van der Waals surface area (Å²) in [5.41, 5.74) is 0. The van der Waals surface area contributed by atoms with Gasteiger partial charge in [-0.2, -0.15) is 0 Å². The van der Waals surface area contributed by atoms with Gasteiger partial charge in [-0.15, -0.1) is 0 Å². The molecule has 0 aromatic carbocycles. The van der Waals surface area contributed by atoms with Gasteiger partial charge in [0.1, 0.15) is 0 Å². The molecule has 0 aromatic rings. The van der Waals surface area contributed by atoms with Crippen molar-refractivity contribution in [2.24, 2.45) is 5.92 Å². The van der Waals surface area contributed by atoms with E-state index in [-0.39, 0.29) is 18.7 Å². The van der Waals surface area contributed by atoms with E-state index in [1.807, 2.05) is 6.92 Å². The number of aliphatic hydroxyl groups is 1. The molecule has 0 bridgehead atoms. The Balaban J connectivity index is 3.78. The quantitative estimate of drug-likeness (QED) is 0.632. The Morgan fingerprint density at radius 3 is 2.50 bits per heavy atom. The molecule has 0 rings (SSSR count). The molecule has 0 aliphatic heterocycles. The molecular weight excluding hydrogens is 175 g/mol. The Morgan fingerprint density at radius 2 is 2.08 bits per heavy atom. The Hall–Kier alpha value is 0.150. The lowest BCUT2D eigenvalue weighted by molar-refractivity contribution is 0.247. The zero-order valence-corrected chi connectivity index (χ0v) is 8.76. The van der Waals surface area contributed by atoms with E-state index in [9.17, 15) is 9.46 Å². The molecular formula is C8H19O3P. The van der Waals surface area contributed by atoms with Crippen molar-refractivity contribution in [2.75, 3.05) is 18.9 Å². The van der Waals surface area contributed by atoms with Gasteiger partial charge in [-0.25, -0.2) is 0 Å². The third-order valence-corrected chi connectivity index (χ3v) is 3.98. The standard InChI is InChI=1S/C8H19O3P/c1-3-4-5-12(10,11)7-8(2)6-9/h8-9H,3-7H2,1-2H3,(H,10,11). The summed E-state index contributed by atoms with van der Waals surface area (Å²) in [6.07, 6.45) is 2.39. The van der Waals surface area contributed by atoms with Crippen molar-refractivity contribution in [2.45, 2.75) is 26.7 Å². The Labute approximate surface area is 74.3 Å². The van der Waals surface area contributed by atoms with Crippen LogP contribution in [0.15, 0.2) is 0 Å². The number of unbranched alkanes of at least 4 members (excludes halogenated alkanes) is 1. The van der Waals surface area contributed by atoms with E-state index < -0.39 is 7.37 Å². The van der Waals surface area contributed by atoms with E-state index in [4.69, 9.17) is 5.11 Å². The van der Waals surface area contributed by atoms with Crippen molar-refractivity contribution in [1.29, 1.82) is 0 Å². The number of hydrogen-bond acceptors (Lipinski definition) is 2. The third kappa shape index (κ3) is 5.76. The maximum absolute atomic E-state index is 11.4. The van der Waals surface area contributed by atoms with E-state index in [2.05, 4.69) is 0 Å². The van der Waals surface area contributed by atoms with E-state index in [1.54, 1.807) is 6.92 Å². The molecule has 2 N–H and O–H groups in total. The van der Waals surface area contributed by atoms with E-state index >= 15 is 0 Å². The highest BCUT2D eigenvalue weighted by Crippen LogP contribution is 2.43. The summed E-state index contributed by atoms with van der Waals surface area (Å²) in [4.78, 5) is 9.39. The topological polar surface area (TPSA) is 57.5 Å². The zero-order chi connectivity index (χ0) is 9.61. The molecule has 0 aliphatic carbocycles. The van der Waals surface area contributed by atoms with Crippen molar-refractivity contribution >= 4 is 7.37 Å². The number of aliphatic hydroxyl groups excluding tert-OH is 1. The van der Waals surface area contributed by atoms with Crippen LogP contribution in [0.1, 0.15) is 26.7 Å². The van der Waals surface area contributed by atoms with Crippen LogP contribution in [-0.4, -0.2) is 28.9 Å². The summed E-state index contributed by atoms with van der Waals surface area (Å²) in [5.74, 6) is -0.0577. The lowest BCUT2D eigenvalue weighted by Crippen LogP contribution is -2.08. The number of rotatable bonds is 6. The van der Waals surface area contributed by atoms with Crippen LogP contribution in [0.5, 0.6) is 0 Å². The molecule has 0 saturated carbocycles. The Kier molecular flexibility index (Phi) is 5.81. The van der Waals surface area contributed by atoms with Gasteiger partial charge in [-0.05, 0) is 12.3 Å². The molecule has 0 aromatic heterocycles. The minimum absolute atomic E-state index is 0.00330. The van der Waals surface area contributed by atoms with Gasteiger partial charge >= 0.3 is 0 Å². The molecule has 0 saturated heterocycles. The maximum Gasteiger partial charge on any atom is 0.201 e. The normalized spacial score (nSPS) is 18.7. The van der Waals surface area contributed by atoms with Gasteiger partial charge in [0.15, 0.2) is 0 Å². The smallest absolute Gasteiger partial charge is 0.201 e. The van der Waals surface area contributed by atoms with E-state index in [1.165, 1.54) is 0 Å². The molecule has 0 radical (unpaired) electrons. The highest BCUT2D eigenvalue weighted by molar-refractivity contribution is 7.57. The zero-order valence-electron chi connectivity index (χ0n) is 7.86. The molecule has 74 valence electrons. The molecule has 0 amide bonds. The van der Waals surface area contributed by atoms with E-state index in [0.717, 1.165) is 12.8 Å². The molecule has 0 aliphatic rings. The first-order valence-electron chi connectivity index (χ1n) is 4.43. The van der Waals surface area contributed by atoms with Crippen LogP contribution in [0.25, 0.3) is 0 Å². The van der Waals surface area contributed by atoms with Crippen LogP contribution in [0.4, 0.5) is 0 Å². The Bertz CT molecular complexity index is 158. The summed E-state index contributed by atoms with van der Waals surface area (Å²) in [6.45, 7) is 3.78. The molecule has 0 spiro atoms. The summed E-state index contributed by atoms with van der Waals surface area (Å²) < 4.78 is 11.4. The number of hydrogen-bond donors (Lipinski definition) is 2. The van der Waals surface area contributed by atoms with Crippen molar-refractivity contribution in [3.05, 3.63) is 0 Å². The van der Waals surface area contributed by atoms with Crippen LogP contribution >= 0.6 is 7.37 Å². The third-order valence-electron chi connectivity index (χ3n) is 1.77. The predicted molar refractivity (Wildman–Crippen MR) is 50.7 cm³/mol. The van der Waals surface area contributed by atoms with Crippen LogP contribution in [0.3, 0.4) is 0 Å². The largest absolute Gasteiger partial charge is 0.396 e. The highest BCUT2D eigenvalue weighted by Gasteiger charge is 2.20. The average Bonchev–Trinajstić information content (AvgIpc) is 2.00. The van der Waals surface area contributed by atoms with Crippen LogP contribution < -0.4 is 0 Å². The fraction of sp³-hybridized carbons (Fsp3) is 1.00. The molecule has 2 unspecified atom stereocenters. The molecule has 0 heterocycles. The van der Waals surface area contributed by atoms with E-state index in [0.29, 0.717) is 6.16 Å². The van der Waals surface area contributed by atoms with Gasteiger partial charge in [-0.3, -0.25) is 4.57 Å². The highest BCUT2D eigenvalue weighted by atomic mass is 31.2.